The van der Waals surface area contributed by atoms with Gasteiger partial charge in [0, 0.05) is 83.8 Å². The summed E-state index contributed by atoms with van der Waals surface area (Å²) >= 11 is 0. The van der Waals surface area contributed by atoms with Crippen LogP contribution in [-0.2, 0) is 23.7 Å². The molecule has 15 heteroatoms. The molecule has 0 bridgehead atoms. The Morgan fingerprint density at radius 2 is 1.54 bits per heavy atom. The molecule has 1 fully saturated rings. The van der Waals surface area contributed by atoms with E-state index < -0.39 is 22.6 Å². The van der Waals surface area contributed by atoms with Gasteiger partial charge in [-0.25, -0.2) is 14.4 Å². The number of aliphatic hydroxyl groups is 1. The number of benzene rings is 1. The third kappa shape index (κ3) is 7.88. The van der Waals surface area contributed by atoms with E-state index in [9.17, 15) is 24.8 Å². The summed E-state index contributed by atoms with van der Waals surface area (Å²) in [6.45, 7) is 4.75. The van der Waals surface area contributed by atoms with Crippen LogP contribution in [0.3, 0.4) is 0 Å². The zero-order valence-electron chi connectivity index (χ0n) is 20.5. The molecule has 37 heavy (non-hydrogen) atoms. The van der Waals surface area contributed by atoms with Crippen molar-refractivity contribution in [3.63, 3.8) is 0 Å². The van der Waals surface area contributed by atoms with Gasteiger partial charge in [-0.2, -0.15) is 0 Å². The molecule has 0 radical (unpaired) electrons. The molecule has 0 unspecified atom stereocenters. The van der Waals surface area contributed by atoms with Crippen LogP contribution in [0.1, 0.15) is 0 Å². The highest BCUT2D eigenvalue weighted by molar-refractivity contribution is 6.27. The van der Waals surface area contributed by atoms with E-state index in [0.717, 1.165) is 43.0 Å². The first-order valence-electron chi connectivity index (χ1n) is 11.3. The van der Waals surface area contributed by atoms with Crippen molar-refractivity contribution in [2.24, 2.45) is 14.1 Å². The average Bonchev–Trinajstić information content (AvgIpc) is 2.88. The number of aromatic nitrogens is 2. The van der Waals surface area contributed by atoms with Crippen LogP contribution in [0.5, 0.6) is 0 Å². The van der Waals surface area contributed by atoms with Gasteiger partial charge in [0.05, 0.1) is 11.5 Å². The van der Waals surface area contributed by atoms with E-state index in [2.05, 4.69) is 9.80 Å². The molecule has 1 aliphatic heterocycles. The number of anilines is 2. The Labute approximate surface area is 211 Å². The summed E-state index contributed by atoms with van der Waals surface area (Å²) in [5.41, 5.74) is 0.263. The molecular formula is C22H30N6O9. The maximum atomic E-state index is 12.2. The minimum atomic E-state index is -1.82. The predicted molar refractivity (Wildman–Crippen MR) is 133 cm³/mol. The number of rotatable bonds is 8. The van der Waals surface area contributed by atoms with Gasteiger partial charge < -0.3 is 25.1 Å². The Balaban J connectivity index is 0.000000717. The van der Waals surface area contributed by atoms with Crippen molar-refractivity contribution in [1.29, 1.82) is 0 Å². The topological polar surface area (TPSA) is 192 Å². The number of nitrogens with zero attached hydrogens (tertiary/aromatic N) is 6. The van der Waals surface area contributed by atoms with Crippen molar-refractivity contribution in [2.75, 3.05) is 62.2 Å². The number of hydrogen-bond donors (Lipinski definition) is 3. The van der Waals surface area contributed by atoms with Crippen molar-refractivity contribution in [2.45, 2.75) is 0 Å². The molecule has 2 aromatic rings. The summed E-state index contributed by atoms with van der Waals surface area (Å²) in [7, 11) is 3.06. The first kappa shape index (κ1) is 29.0. The highest BCUT2D eigenvalue weighted by Crippen LogP contribution is 2.20. The minimum Gasteiger partial charge on any atom is -0.473 e. The van der Waals surface area contributed by atoms with Crippen molar-refractivity contribution in [3.05, 3.63) is 61.3 Å². The SMILES string of the molecule is Cn1c(N(CCO)CCN2CCN(c3ccc([N+](=O)[O-])cc3)CC2)cc(=O)n(C)c1=O.O=C(O)C(=O)O. The summed E-state index contributed by atoms with van der Waals surface area (Å²) in [6.07, 6.45) is 0. The second-order valence-electron chi connectivity index (χ2n) is 8.16. The first-order chi connectivity index (χ1) is 17.5. The van der Waals surface area contributed by atoms with Gasteiger partial charge >= 0.3 is 17.6 Å². The Morgan fingerprint density at radius 3 is 2.03 bits per heavy atom. The molecule has 0 aliphatic carbocycles. The Morgan fingerprint density at radius 1 is 0.973 bits per heavy atom. The molecule has 1 aromatic heterocycles. The van der Waals surface area contributed by atoms with Crippen molar-refractivity contribution < 1.29 is 29.8 Å². The number of aliphatic carboxylic acids is 2. The second kappa shape index (κ2) is 13.2. The third-order valence-corrected chi connectivity index (χ3v) is 5.86. The van der Waals surface area contributed by atoms with Gasteiger partial charge in [0.1, 0.15) is 5.82 Å². The summed E-state index contributed by atoms with van der Waals surface area (Å²) < 4.78 is 2.47. The highest BCUT2D eigenvalue weighted by atomic mass is 16.6. The fourth-order valence-electron chi connectivity index (χ4n) is 3.76. The van der Waals surface area contributed by atoms with Crippen LogP contribution < -0.4 is 21.0 Å². The van der Waals surface area contributed by atoms with Gasteiger partial charge in [0.2, 0.25) is 0 Å². The maximum absolute atomic E-state index is 12.2. The highest BCUT2D eigenvalue weighted by Gasteiger charge is 2.20. The number of non-ortho nitro benzene ring substituents is 1. The lowest BCUT2D eigenvalue weighted by atomic mass is 10.2. The molecule has 0 saturated carbocycles. The molecule has 3 rings (SSSR count). The zero-order valence-corrected chi connectivity index (χ0v) is 20.5. The van der Waals surface area contributed by atoms with Crippen LogP contribution in [0.2, 0.25) is 0 Å². The van der Waals surface area contributed by atoms with Crippen molar-refractivity contribution in [3.8, 4) is 0 Å². The van der Waals surface area contributed by atoms with Crippen LogP contribution in [0.25, 0.3) is 0 Å². The largest absolute Gasteiger partial charge is 0.473 e. The number of nitro benzene ring substituents is 1. The normalized spacial score (nSPS) is 13.4. The molecule has 1 aromatic carbocycles. The lowest BCUT2D eigenvalue weighted by Crippen LogP contribution is -2.49. The molecule has 202 valence electrons. The molecule has 3 N–H and O–H groups in total. The monoisotopic (exact) mass is 522 g/mol. The minimum absolute atomic E-state index is 0.0801. The average molecular weight is 523 g/mol. The van der Waals surface area contributed by atoms with E-state index in [-0.39, 0.29) is 17.9 Å². The molecule has 0 amide bonds. The lowest BCUT2D eigenvalue weighted by Gasteiger charge is -2.37. The first-order valence-corrected chi connectivity index (χ1v) is 11.3. The molecular weight excluding hydrogens is 492 g/mol. The van der Waals surface area contributed by atoms with Gasteiger partial charge in [-0.15, -0.1) is 0 Å². The Hall–Kier alpha value is -4.24. The molecule has 0 atom stereocenters. The summed E-state index contributed by atoms with van der Waals surface area (Å²) in [6, 6.07) is 8.00. The van der Waals surface area contributed by atoms with Gasteiger partial charge in [-0.05, 0) is 12.1 Å². The number of carbonyl (C=O) groups is 2. The van der Waals surface area contributed by atoms with E-state index in [1.807, 2.05) is 4.90 Å². The van der Waals surface area contributed by atoms with E-state index in [4.69, 9.17) is 19.8 Å². The number of carboxylic acid groups (broad SMARTS) is 2. The van der Waals surface area contributed by atoms with Crippen LogP contribution in [0, 0.1) is 10.1 Å². The number of nitro groups is 1. The molecule has 2 heterocycles. The maximum Gasteiger partial charge on any atom is 0.414 e. The fourth-order valence-corrected chi connectivity index (χ4v) is 3.76. The summed E-state index contributed by atoms with van der Waals surface area (Å²) in [4.78, 5) is 59.2. The third-order valence-electron chi connectivity index (χ3n) is 5.86. The van der Waals surface area contributed by atoms with Crippen molar-refractivity contribution >= 4 is 29.1 Å². The second-order valence-corrected chi connectivity index (χ2v) is 8.16. The molecule has 15 nitrogen and oxygen atoms in total. The Kier molecular flexibility index (Phi) is 10.3. The molecule has 1 saturated heterocycles. The smallest absolute Gasteiger partial charge is 0.414 e. The van der Waals surface area contributed by atoms with Crippen LogP contribution in [-0.4, -0.2) is 98.6 Å². The quantitative estimate of drug-likeness (QED) is 0.213. The molecule has 1 aliphatic rings. The van der Waals surface area contributed by atoms with Crippen LogP contribution in [0.15, 0.2) is 39.9 Å². The molecule has 0 spiro atoms. The van der Waals surface area contributed by atoms with Crippen molar-refractivity contribution in [1.82, 2.24) is 14.0 Å². The van der Waals surface area contributed by atoms with Gasteiger partial charge in [0.15, 0.2) is 0 Å². The number of piperazine rings is 1. The summed E-state index contributed by atoms with van der Waals surface area (Å²) in [5, 5.41) is 35.1. The Bertz CT molecular complexity index is 1200. The fraction of sp³-hybridized carbons (Fsp3) is 0.455. The van der Waals surface area contributed by atoms with Crippen LogP contribution >= 0.6 is 0 Å². The van der Waals surface area contributed by atoms with Gasteiger partial charge in [-0.3, -0.25) is 28.9 Å². The number of carboxylic acids is 2. The van der Waals surface area contributed by atoms with Crippen LogP contribution in [0.4, 0.5) is 17.2 Å². The predicted octanol–water partition coefficient (Wildman–Crippen LogP) is -1.23. The van der Waals surface area contributed by atoms with E-state index in [1.165, 1.54) is 29.8 Å². The lowest BCUT2D eigenvalue weighted by molar-refractivity contribution is -0.384. The summed E-state index contributed by atoms with van der Waals surface area (Å²) in [5.74, 6) is -3.16. The standard InChI is InChI=1S/C20H28N6O5.C2H2O4/c1-21-18(15-19(28)22(2)20(21)29)25(13-14-27)12-9-23-7-10-24(11-8-23)16-3-5-17(6-4-16)26(30)31;3-1(4)2(5)6/h3-6,15,27H,7-14H2,1-2H3;(H,3,4)(H,5,6). The number of aliphatic hydroxyl groups excluding tert-OH is 1. The van der Waals surface area contributed by atoms with E-state index in [0.29, 0.717) is 18.9 Å². The van der Waals surface area contributed by atoms with E-state index >= 15 is 0 Å². The van der Waals surface area contributed by atoms with Gasteiger partial charge in [-0.1, -0.05) is 0 Å². The number of hydrogen-bond acceptors (Lipinski definition) is 10. The van der Waals surface area contributed by atoms with E-state index in [1.54, 1.807) is 19.2 Å². The van der Waals surface area contributed by atoms with Gasteiger partial charge in [0.25, 0.3) is 11.2 Å². The zero-order chi connectivity index (χ0) is 27.7.